The highest BCUT2D eigenvalue weighted by molar-refractivity contribution is 5.88. The molecule has 0 saturated heterocycles. The molecule has 0 aliphatic carbocycles. The van der Waals surface area contributed by atoms with Gasteiger partial charge in [0.05, 0.1) is 11.9 Å². The summed E-state index contributed by atoms with van der Waals surface area (Å²) < 4.78 is 0. The molecule has 0 fully saturated rings. The number of nitrogens with one attached hydrogen (secondary N) is 2. The molecule has 2 N–H and O–H groups in total. The molecule has 1 amide bonds. The molecule has 1 aromatic carbocycles. The van der Waals surface area contributed by atoms with Gasteiger partial charge in [0.2, 0.25) is 5.91 Å². The maximum Gasteiger partial charge on any atom is 0.221 e. The van der Waals surface area contributed by atoms with Crippen molar-refractivity contribution in [3.63, 3.8) is 0 Å². The Bertz CT molecular complexity index is 604. The van der Waals surface area contributed by atoms with E-state index in [1.807, 2.05) is 24.3 Å². The van der Waals surface area contributed by atoms with E-state index in [9.17, 15) is 4.79 Å². The van der Waals surface area contributed by atoms with Crippen LogP contribution in [0.15, 0.2) is 42.6 Å². The standard InChI is InChI=1S/C17H22N4O/c1-4-21(5-2)16-9-6-14(7-10-16)20-17-11-8-15(12-18-17)19-13(3)22/h6-12H,4-5H2,1-3H3,(H,18,20)(H,19,22). The minimum atomic E-state index is -0.102. The highest BCUT2D eigenvalue weighted by atomic mass is 16.1. The molecule has 0 aliphatic rings. The summed E-state index contributed by atoms with van der Waals surface area (Å²) in [7, 11) is 0. The van der Waals surface area contributed by atoms with Gasteiger partial charge in [0.15, 0.2) is 0 Å². The Morgan fingerprint density at radius 1 is 1.05 bits per heavy atom. The molecule has 2 aromatic rings. The van der Waals surface area contributed by atoms with Crippen molar-refractivity contribution in [2.24, 2.45) is 0 Å². The highest BCUT2D eigenvalue weighted by Crippen LogP contribution is 2.20. The monoisotopic (exact) mass is 298 g/mol. The minimum Gasteiger partial charge on any atom is -0.372 e. The lowest BCUT2D eigenvalue weighted by molar-refractivity contribution is -0.114. The van der Waals surface area contributed by atoms with Gasteiger partial charge in [-0.05, 0) is 50.2 Å². The molecule has 0 radical (unpaired) electrons. The molecule has 2 rings (SSSR count). The van der Waals surface area contributed by atoms with Crippen molar-refractivity contribution in [3.05, 3.63) is 42.6 Å². The van der Waals surface area contributed by atoms with Gasteiger partial charge in [-0.2, -0.15) is 0 Å². The van der Waals surface area contributed by atoms with Gasteiger partial charge in [0.25, 0.3) is 0 Å². The molecule has 0 atom stereocenters. The molecule has 1 heterocycles. The van der Waals surface area contributed by atoms with Gasteiger partial charge >= 0.3 is 0 Å². The number of nitrogens with zero attached hydrogens (tertiary/aromatic N) is 2. The second-order valence-electron chi connectivity index (χ2n) is 4.96. The van der Waals surface area contributed by atoms with Crippen LogP contribution in [0.4, 0.5) is 22.9 Å². The van der Waals surface area contributed by atoms with Gasteiger partial charge in [-0.3, -0.25) is 4.79 Å². The Kier molecular flexibility index (Phi) is 5.36. The van der Waals surface area contributed by atoms with Gasteiger partial charge in [-0.25, -0.2) is 4.98 Å². The van der Waals surface area contributed by atoms with E-state index >= 15 is 0 Å². The van der Waals surface area contributed by atoms with Crippen molar-refractivity contribution in [3.8, 4) is 0 Å². The first-order valence-corrected chi connectivity index (χ1v) is 7.48. The molecule has 22 heavy (non-hydrogen) atoms. The van der Waals surface area contributed by atoms with E-state index in [-0.39, 0.29) is 5.91 Å². The van der Waals surface area contributed by atoms with Crippen LogP contribution in [0, 0.1) is 0 Å². The Balaban J connectivity index is 2.03. The molecule has 5 nitrogen and oxygen atoms in total. The van der Waals surface area contributed by atoms with Crippen molar-refractivity contribution in [1.82, 2.24) is 4.98 Å². The lowest BCUT2D eigenvalue weighted by Gasteiger charge is -2.21. The van der Waals surface area contributed by atoms with E-state index in [1.165, 1.54) is 12.6 Å². The van der Waals surface area contributed by atoms with Crippen LogP contribution < -0.4 is 15.5 Å². The van der Waals surface area contributed by atoms with Crippen molar-refractivity contribution < 1.29 is 4.79 Å². The Morgan fingerprint density at radius 3 is 2.18 bits per heavy atom. The first kappa shape index (κ1) is 15.8. The van der Waals surface area contributed by atoms with Gasteiger partial charge in [0, 0.05) is 31.4 Å². The van der Waals surface area contributed by atoms with Crippen LogP contribution >= 0.6 is 0 Å². The van der Waals surface area contributed by atoms with Gasteiger partial charge in [-0.15, -0.1) is 0 Å². The number of hydrogen-bond acceptors (Lipinski definition) is 4. The number of benzene rings is 1. The Morgan fingerprint density at radius 2 is 1.68 bits per heavy atom. The SMILES string of the molecule is CCN(CC)c1ccc(Nc2ccc(NC(C)=O)cn2)cc1. The molecular formula is C17H22N4O. The van der Waals surface area contributed by atoms with E-state index < -0.39 is 0 Å². The third-order valence-corrected chi connectivity index (χ3v) is 3.35. The van der Waals surface area contributed by atoms with E-state index in [0.717, 1.165) is 24.6 Å². The zero-order valence-corrected chi connectivity index (χ0v) is 13.3. The van der Waals surface area contributed by atoms with E-state index in [4.69, 9.17) is 0 Å². The van der Waals surface area contributed by atoms with Gasteiger partial charge < -0.3 is 15.5 Å². The average molecular weight is 298 g/mol. The summed E-state index contributed by atoms with van der Waals surface area (Å²) in [6, 6.07) is 11.9. The summed E-state index contributed by atoms with van der Waals surface area (Å²) in [4.78, 5) is 17.5. The summed E-state index contributed by atoms with van der Waals surface area (Å²) >= 11 is 0. The maximum atomic E-state index is 11.0. The number of carbonyl (C=O) groups is 1. The fourth-order valence-electron chi connectivity index (χ4n) is 2.24. The van der Waals surface area contributed by atoms with Gasteiger partial charge in [-0.1, -0.05) is 0 Å². The quantitative estimate of drug-likeness (QED) is 0.855. The third kappa shape index (κ3) is 4.22. The van der Waals surface area contributed by atoms with E-state index in [0.29, 0.717) is 5.69 Å². The number of anilines is 4. The van der Waals surface area contributed by atoms with Crippen LogP contribution in [0.2, 0.25) is 0 Å². The summed E-state index contributed by atoms with van der Waals surface area (Å²) in [5, 5.41) is 5.94. The summed E-state index contributed by atoms with van der Waals surface area (Å²) in [5.41, 5.74) is 2.88. The smallest absolute Gasteiger partial charge is 0.221 e. The Hall–Kier alpha value is -2.56. The predicted molar refractivity (Wildman–Crippen MR) is 91.8 cm³/mol. The molecule has 0 unspecified atom stereocenters. The largest absolute Gasteiger partial charge is 0.372 e. The van der Waals surface area contributed by atoms with Crippen LogP contribution in [0.3, 0.4) is 0 Å². The number of amides is 1. The van der Waals surface area contributed by atoms with Crippen LogP contribution in [-0.2, 0) is 4.79 Å². The lowest BCUT2D eigenvalue weighted by Crippen LogP contribution is -2.21. The number of rotatable bonds is 6. The average Bonchev–Trinajstić information content (AvgIpc) is 2.51. The molecule has 116 valence electrons. The number of carbonyl (C=O) groups excluding carboxylic acids is 1. The molecule has 0 spiro atoms. The van der Waals surface area contributed by atoms with Crippen molar-refractivity contribution in [2.45, 2.75) is 20.8 Å². The molecule has 0 aliphatic heterocycles. The predicted octanol–water partition coefficient (Wildman–Crippen LogP) is 3.63. The zero-order valence-electron chi connectivity index (χ0n) is 13.3. The summed E-state index contributed by atoms with van der Waals surface area (Å²) in [6.07, 6.45) is 1.63. The molecule has 0 saturated carbocycles. The number of pyridine rings is 1. The van der Waals surface area contributed by atoms with Crippen LogP contribution in [0.25, 0.3) is 0 Å². The molecule has 0 bridgehead atoms. The summed E-state index contributed by atoms with van der Waals surface area (Å²) in [5.74, 6) is 0.638. The third-order valence-electron chi connectivity index (χ3n) is 3.35. The first-order chi connectivity index (χ1) is 10.6. The van der Waals surface area contributed by atoms with Gasteiger partial charge in [0.1, 0.15) is 5.82 Å². The topological polar surface area (TPSA) is 57.3 Å². The van der Waals surface area contributed by atoms with Crippen molar-refractivity contribution >= 4 is 28.8 Å². The molecular weight excluding hydrogens is 276 g/mol. The van der Waals surface area contributed by atoms with Crippen molar-refractivity contribution in [1.29, 1.82) is 0 Å². The number of aromatic nitrogens is 1. The minimum absolute atomic E-state index is 0.102. The fraction of sp³-hybridized carbons (Fsp3) is 0.294. The first-order valence-electron chi connectivity index (χ1n) is 7.48. The second kappa shape index (κ2) is 7.45. The fourth-order valence-corrected chi connectivity index (χ4v) is 2.24. The highest BCUT2D eigenvalue weighted by Gasteiger charge is 2.02. The molecule has 1 aromatic heterocycles. The van der Waals surface area contributed by atoms with E-state index in [2.05, 4.69) is 46.5 Å². The van der Waals surface area contributed by atoms with Crippen LogP contribution in [-0.4, -0.2) is 24.0 Å². The Labute approximate surface area is 131 Å². The normalized spacial score (nSPS) is 10.1. The zero-order chi connectivity index (χ0) is 15.9. The summed E-state index contributed by atoms with van der Waals surface area (Å²) in [6.45, 7) is 7.76. The van der Waals surface area contributed by atoms with Crippen LogP contribution in [0.5, 0.6) is 0 Å². The van der Waals surface area contributed by atoms with E-state index in [1.54, 1.807) is 6.20 Å². The second-order valence-corrected chi connectivity index (χ2v) is 4.96. The lowest BCUT2D eigenvalue weighted by atomic mass is 10.2. The van der Waals surface area contributed by atoms with Crippen molar-refractivity contribution in [2.75, 3.05) is 28.6 Å². The van der Waals surface area contributed by atoms with Crippen LogP contribution in [0.1, 0.15) is 20.8 Å². The maximum absolute atomic E-state index is 11.0. The molecule has 5 heteroatoms. The number of hydrogen-bond donors (Lipinski definition) is 2.